The molecular weight excluding hydrogens is 284 g/mol. The summed E-state index contributed by atoms with van der Waals surface area (Å²) in [5.74, 6) is -0.246. The second-order valence-corrected chi connectivity index (χ2v) is 4.78. The molecule has 0 spiro atoms. The fourth-order valence-electron chi connectivity index (χ4n) is 1.88. The number of amides is 1. The second kappa shape index (κ2) is 7.21. The van der Waals surface area contributed by atoms with E-state index in [0.29, 0.717) is 6.54 Å². The number of nitrogens with one attached hydrogen (secondary N) is 1. The quantitative estimate of drug-likeness (QED) is 0.656. The zero-order valence-electron chi connectivity index (χ0n) is 12.1. The number of hydrogen-bond donors (Lipinski definition) is 1. The fraction of sp³-hybridized carbons (Fsp3) is 0.188. The number of hydrogen-bond acceptors (Lipinski definition) is 4. The van der Waals surface area contributed by atoms with Crippen LogP contribution in [-0.4, -0.2) is 17.4 Å². The minimum atomic E-state index is -0.524. The molecule has 0 aromatic heterocycles. The van der Waals surface area contributed by atoms with E-state index in [-0.39, 0.29) is 24.0 Å². The second-order valence-electron chi connectivity index (χ2n) is 4.78. The molecule has 6 nitrogen and oxygen atoms in total. The first-order valence-corrected chi connectivity index (χ1v) is 6.75. The van der Waals surface area contributed by atoms with E-state index in [2.05, 4.69) is 5.32 Å². The molecular formula is C16H16N2O4. The minimum Gasteiger partial charge on any atom is -0.477 e. The van der Waals surface area contributed by atoms with E-state index in [1.165, 1.54) is 12.1 Å². The number of ether oxygens (including phenoxy) is 1. The van der Waals surface area contributed by atoms with Crippen molar-refractivity contribution in [3.05, 3.63) is 69.8 Å². The van der Waals surface area contributed by atoms with Gasteiger partial charge < -0.3 is 10.1 Å². The van der Waals surface area contributed by atoms with Gasteiger partial charge in [0.25, 0.3) is 5.91 Å². The Kier molecular flexibility index (Phi) is 5.08. The predicted octanol–water partition coefficient (Wildman–Crippen LogP) is 2.60. The number of benzene rings is 2. The molecule has 0 saturated carbocycles. The average molecular weight is 300 g/mol. The van der Waals surface area contributed by atoms with Crippen LogP contribution in [0, 0.1) is 17.0 Å². The lowest BCUT2D eigenvalue weighted by Crippen LogP contribution is -2.28. The molecule has 0 radical (unpaired) electrons. The molecule has 114 valence electrons. The number of carbonyl (C=O) groups excluding carboxylic acids is 1. The summed E-state index contributed by atoms with van der Waals surface area (Å²) in [7, 11) is 0. The van der Waals surface area contributed by atoms with Crippen LogP contribution in [0.2, 0.25) is 0 Å². The first-order valence-electron chi connectivity index (χ1n) is 6.75. The topological polar surface area (TPSA) is 81.5 Å². The molecule has 2 rings (SSSR count). The number of nitro groups is 1. The van der Waals surface area contributed by atoms with Gasteiger partial charge in [-0.1, -0.05) is 36.4 Å². The van der Waals surface area contributed by atoms with E-state index in [4.69, 9.17) is 4.74 Å². The van der Waals surface area contributed by atoms with E-state index in [0.717, 1.165) is 11.1 Å². The van der Waals surface area contributed by atoms with Crippen molar-refractivity contribution >= 4 is 11.6 Å². The lowest BCUT2D eigenvalue weighted by molar-refractivity contribution is -0.385. The van der Waals surface area contributed by atoms with Crippen molar-refractivity contribution in [3.63, 3.8) is 0 Å². The summed E-state index contributed by atoms with van der Waals surface area (Å²) in [5.41, 5.74) is 1.58. The van der Waals surface area contributed by atoms with Crippen LogP contribution < -0.4 is 10.1 Å². The van der Waals surface area contributed by atoms with Crippen LogP contribution in [-0.2, 0) is 11.3 Å². The van der Waals surface area contributed by atoms with Crippen LogP contribution in [0.25, 0.3) is 0 Å². The maximum absolute atomic E-state index is 11.7. The molecule has 0 aliphatic carbocycles. The molecule has 0 unspecified atom stereocenters. The van der Waals surface area contributed by atoms with Crippen molar-refractivity contribution in [2.45, 2.75) is 13.5 Å². The maximum atomic E-state index is 11.7. The Morgan fingerprint density at radius 1 is 1.23 bits per heavy atom. The van der Waals surface area contributed by atoms with Gasteiger partial charge in [-0.05, 0) is 24.1 Å². The zero-order chi connectivity index (χ0) is 15.9. The molecule has 0 aliphatic rings. The Bertz CT molecular complexity index is 671. The van der Waals surface area contributed by atoms with Crippen molar-refractivity contribution in [1.29, 1.82) is 0 Å². The summed E-state index contributed by atoms with van der Waals surface area (Å²) in [6.07, 6.45) is 0. The Morgan fingerprint density at radius 3 is 2.64 bits per heavy atom. The van der Waals surface area contributed by atoms with Crippen LogP contribution in [0.3, 0.4) is 0 Å². The molecule has 0 aliphatic heterocycles. The summed E-state index contributed by atoms with van der Waals surface area (Å²) >= 11 is 0. The van der Waals surface area contributed by atoms with Crippen molar-refractivity contribution in [2.75, 3.05) is 6.61 Å². The predicted molar refractivity (Wildman–Crippen MR) is 81.6 cm³/mol. The number of carbonyl (C=O) groups is 1. The lowest BCUT2D eigenvalue weighted by atomic mass is 10.2. The largest absolute Gasteiger partial charge is 0.477 e. The molecule has 1 amide bonds. The molecule has 0 heterocycles. The molecule has 0 saturated heterocycles. The highest BCUT2D eigenvalue weighted by molar-refractivity contribution is 5.77. The Balaban J connectivity index is 1.90. The van der Waals surface area contributed by atoms with Gasteiger partial charge in [0, 0.05) is 12.6 Å². The Morgan fingerprint density at radius 2 is 1.95 bits per heavy atom. The van der Waals surface area contributed by atoms with Crippen LogP contribution in [0.4, 0.5) is 5.69 Å². The summed E-state index contributed by atoms with van der Waals surface area (Å²) in [5, 5.41) is 13.6. The molecule has 1 N–H and O–H groups in total. The van der Waals surface area contributed by atoms with Gasteiger partial charge in [-0.25, -0.2) is 0 Å². The molecule has 22 heavy (non-hydrogen) atoms. The van der Waals surface area contributed by atoms with Crippen LogP contribution in [0.1, 0.15) is 11.1 Å². The molecule has 0 atom stereocenters. The summed E-state index contributed by atoms with van der Waals surface area (Å²) in [6, 6.07) is 14.1. The third kappa shape index (κ3) is 4.31. The fourth-order valence-corrected chi connectivity index (χ4v) is 1.88. The highest BCUT2D eigenvalue weighted by Crippen LogP contribution is 2.27. The number of nitro benzene ring substituents is 1. The number of aryl methyl sites for hydroxylation is 1. The van der Waals surface area contributed by atoms with Crippen molar-refractivity contribution in [2.24, 2.45) is 0 Å². The van der Waals surface area contributed by atoms with Crippen molar-refractivity contribution < 1.29 is 14.5 Å². The molecule has 0 bridgehead atoms. The van der Waals surface area contributed by atoms with Gasteiger partial charge in [0.15, 0.2) is 12.4 Å². The lowest BCUT2D eigenvalue weighted by Gasteiger charge is -2.08. The molecule has 2 aromatic rings. The third-order valence-corrected chi connectivity index (χ3v) is 3.00. The number of rotatable bonds is 6. The number of nitrogens with zero attached hydrogens (tertiary/aromatic N) is 1. The van der Waals surface area contributed by atoms with Gasteiger partial charge in [0.1, 0.15) is 0 Å². The molecule has 2 aromatic carbocycles. The van der Waals surface area contributed by atoms with Crippen molar-refractivity contribution in [3.8, 4) is 5.75 Å². The van der Waals surface area contributed by atoms with Crippen LogP contribution in [0.15, 0.2) is 48.5 Å². The van der Waals surface area contributed by atoms with E-state index in [1.807, 2.05) is 30.3 Å². The maximum Gasteiger partial charge on any atom is 0.311 e. The van der Waals surface area contributed by atoms with Gasteiger partial charge in [-0.2, -0.15) is 0 Å². The summed E-state index contributed by atoms with van der Waals surface area (Å²) in [4.78, 5) is 22.2. The molecule has 6 heteroatoms. The third-order valence-electron chi connectivity index (χ3n) is 3.00. The van der Waals surface area contributed by atoms with E-state index in [9.17, 15) is 14.9 Å². The van der Waals surface area contributed by atoms with Gasteiger partial charge in [0.05, 0.1) is 4.92 Å². The monoisotopic (exact) mass is 300 g/mol. The van der Waals surface area contributed by atoms with E-state index >= 15 is 0 Å². The average Bonchev–Trinajstić information content (AvgIpc) is 2.52. The zero-order valence-corrected chi connectivity index (χ0v) is 12.1. The minimum absolute atomic E-state index is 0.0884. The van der Waals surface area contributed by atoms with Crippen LogP contribution in [0.5, 0.6) is 5.75 Å². The first-order chi connectivity index (χ1) is 10.6. The highest BCUT2D eigenvalue weighted by atomic mass is 16.6. The van der Waals surface area contributed by atoms with E-state index < -0.39 is 4.92 Å². The van der Waals surface area contributed by atoms with Crippen molar-refractivity contribution in [1.82, 2.24) is 5.32 Å². The Hall–Kier alpha value is -2.89. The van der Waals surface area contributed by atoms with Gasteiger partial charge in [0.2, 0.25) is 0 Å². The normalized spacial score (nSPS) is 10.0. The van der Waals surface area contributed by atoms with E-state index in [1.54, 1.807) is 13.0 Å². The summed E-state index contributed by atoms with van der Waals surface area (Å²) in [6.45, 7) is 1.87. The first kappa shape index (κ1) is 15.5. The Labute approximate surface area is 127 Å². The molecule has 0 fully saturated rings. The van der Waals surface area contributed by atoms with Gasteiger partial charge in [-0.15, -0.1) is 0 Å². The van der Waals surface area contributed by atoms with Crippen LogP contribution >= 0.6 is 0 Å². The smallest absolute Gasteiger partial charge is 0.311 e. The highest BCUT2D eigenvalue weighted by Gasteiger charge is 2.16. The SMILES string of the molecule is Cc1ccc(OCC(=O)NCc2ccccc2)c([N+](=O)[O-])c1. The summed E-state index contributed by atoms with van der Waals surface area (Å²) < 4.78 is 5.25. The van der Waals surface area contributed by atoms with Gasteiger partial charge in [-0.3, -0.25) is 14.9 Å². The standard InChI is InChI=1S/C16H16N2O4/c1-12-7-8-15(14(9-12)18(20)21)22-11-16(19)17-10-13-5-3-2-4-6-13/h2-9H,10-11H2,1H3,(H,17,19). The van der Waals surface area contributed by atoms with Gasteiger partial charge >= 0.3 is 5.69 Å².